The van der Waals surface area contributed by atoms with Crippen molar-refractivity contribution in [1.82, 2.24) is 4.98 Å². The molecule has 0 bridgehead atoms. The fraction of sp³-hybridized carbons (Fsp3) is 0.214. The van der Waals surface area contributed by atoms with Crippen LogP contribution in [-0.2, 0) is 4.74 Å². The largest absolute Gasteiger partial charge is 0.465 e. The number of para-hydroxylation sites is 1. The van der Waals surface area contributed by atoms with Crippen molar-refractivity contribution < 1.29 is 9.53 Å². The van der Waals surface area contributed by atoms with E-state index in [9.17, 15) is 4.79 Å². The van der Waals surface area contributed by atoms with Crippen molar-refractivity contribution in [3.63, 3.8) is 0 Å². The molecule has 0 spiro atoms. The van der Waals surface area contributed by atoms with E-state index in [1.165, 1.54) is 24.6 Å². The maximum atomic E-state index is 11.5. The lowest BCUT2D eigenvalue weighted by Gasteiger charge is -2.20. The Balaban J connectivity index is 2.30. The highest BCUT2D eigenvalue weighted by molar-refractivity contribution is 7.17. The first-order valence-electron chi connectivity index (χ1n) is 6.00. The number of esters is 1. The summed E-state index contributed by atoms with van der Waals surface area (Å²) in [6, 6.07) is 11.8. The predicted octanol–water partition coefficient (Wildman–Crippen LogP) is 2.98. The lowest BCUT2D eigenvalue weighted by molar-refractivity contribution is 0.0606. The van der Waals surface area contributed by atoms with Gasteiger partial charge in [0.2, 0.25) is 0 Å². The van der Waals surface area contributed by atoms with Gasteiger partial charge in [-0.2, -0.15) is 5.26 Å². The molecule has 0 aliphatic rings. The van der Waals surface area contributed by atoms with Gasteiger partial charge in [0.1, 0.15) is 4.88 Å². The first-order chi connectivity index (χ1) is 9.76. The van der Waals surface area contributed by atoms with Crippen LogP contribution in [0, 0.1) is 11.3 Å². The minimum atomic E-state index is -0.401. The second-order valence-electron chi connectivity index (χ2n) is 3.89. The summed E-state index contributed by atoms with van der Waals surface area (Å²) in [4.78, 5) is 18.1. The van der Waals surface area contributed by atoms with Gasteiger partial charge in [0.25, 0.3) is 0 Å². The number of aromatic nitrogens is 1. The Bertz CT molecular complexity index is 619. The van der Waals surface area contributed by atoms with Crippen LogP contribution in [0.2, 0.25) is 0 Å². The second kappa shape index (κ2) is 6.68. The van der Waals surface area contributed by atoms with E-state index in [4.69, 9.17) is 5.26 Å². The number of hydrogen-bond donors (Lipinski definition) is 0. The molecule has 0 saturated carbocycles. The van der Waals surface area contributed by atoms with Crippen molar-refractivity contribution in [3.05, 3.63) is 41.4 Å². The highest BCUT2D eigenvalue weighted by Crippen LogP contribution is 2.29. The zero-order chi connectivity index (χ0) is 14.4. The van der Waals surface area contributed by atoms with Gasteiger partial charge in [-0.25, -0.2) is 9.78 Å². The van der Waals surface area contributed by atoms with Crippen molar-refractivity contribution in [2.24, 2.45) is 0 Å². The number of thiazole rings is 1. The monoisotopic (exact) mass is 287 g/mol. The summed E-state index contributed by atoms with van der Waals surface area (Å²) in [5, 5.41) is 9.45. The zero-order valence-corrected chi connectivity index (χ0v) is 11.8. The van der Waals surface area contributed by atoms with E-state index in [1.807, 2.05) is 35.2 Å². The zero-order valence-electron chi connectivity index (χ0n) is 10.9. The van der Waals surface area contributed by atoms with Crippen LogP contribution >= 0.6 is 11.3 Å². The maximum Gasteiger partial charge on any atom is 0.349 e. The van der Waals surface area contributed by atoms with E-state index >= 15 is 0 Å². The van der Waals surface area contributed by atoms with Gasteiger partial charge >= 0.3 is 5.97 Å². The van der Waals surface area contributed by atoms with Crippen LogP contribution in [0.3, 0.4) is 0 Å². The Kier molecular flexibility index (Phi) is 4.69. The minimum absolute atomic E-state index is 0.377. The molecule has 2 aromatic rings. The van der Waals surface area contributed by atoms with Crippen LogP contribution in [0.25, 0.3) is 0 Å². The highest BCUT2D eigenvalue weighted by atomic mass is 32.1. The lowest BCUT2D eigenvalue weighted by atomic mass is 10.3. The number of anilines is 2. The molecule has 0 N–H and O–H groups in total. The SMILES string of the molecule is COC(=O)c1cnc(N(CCC#N)c2ccccc2)s1. The van der Waals surface area contributed by atoms with Crippen molar-refractivity contribution in [2.45, 2.75) is 6.42 Å². The number of benzene rings is 1. The third kappa shape index (κ3) is 3.13. The molecular weight excluding hydrogens is 274 g/mol. The fourth-order valence-electron chi connectivity index (χ4n) is 1.69. The number of methoxy groups -OCH3 is 1. The molecule has 20 heavy (non-hydrogen) atoms. The second-order valence-corrected chi connectivity index (χ2v) is 4.90. The summed E-state index contributed by atoms with van der Waals surface area (Å²) >= 11 is 1.25. The van der Waals surface area contributed by atoms with Gasteiger partial charge in [0.15, 0.2) is 5.13 Å². The Morgan fingerprint density at radius 3 is 2.85 bits per heavy atom. The van der Waals surface area contributed by atoms with Crippen molar-refractivity contribution in [1.29, 1.82) is 5.26 Å². The molecule has 0 fully saturated rings. The van der Waals surface area contributed by atoms with Crippen LogP contribution in [0.5, 0.6) is 0 Å². The van der Waals surface area contributed by atoms with Gasteiger partial charge in [-0.05, 0) is 12.1 Å². The van der Waals surface area contributed by atoms with E-state index < -0.39 is 5.97 Å². The standard InChI is InChI=1S/C14H13N3O2S/c1-19-13(18)12-10-16-14(20-12)17(9-5-8-15)11-6-3-2-4-7-11/h2-4,6-7,10H,5,9H2,1H3. The molecule has 0 unspecified atom stereocenters. The normalized spacial score (nSPS) is 9.80. The van der Waals surface area contributed by atoms with E-state index in [0.717, 1.165) is 5.69 Å². The van der Waals surface area contributed by atoms with Crippen molar-refractivity contribution in [3.8, 4) is 6.07 Å². The molecule has 0 atom stereocenters. The van der Waals surface area contributed by atoms with E-state index in [-0.39, 0.29) is 0 Å². The summed E-state index contributed by atoms with van der Waals surface area (Å²) in [5.41, 5.74) is 0.938. The number of carbonyl (C=O) groups excluding carboxylic acids is 1. The first-order valence-corrected chi connectivity index (χ1v) is 6.81. The summed E-state index contributed by atoms with van der Waals surface area (Å²) < 4.78 is 4.68. The summed E-state index contributed by atoms with van der Waals surface area (Å²) in [6.45, 7) is 0.522. The van der Waals surface area contributed by atoms with E-state index in [0.29, 0.717) is 23.0 Å². The Morgan fingerprint density at radius 1 is 1.45 bits per heavy atom. The molecule has 1 aromatic carbocycles. The topological polar surface area (TPSA) is 66.2 Å². The molecule has 0 aliphatic heterocycles. The lowest BCUT2D eigenvalue weighted by Crippen LogP contribution is -2.17. The molecular formula is C14H13N3O2S. The number of nitriles is 1. The van der Waals surface area contributed by atoms with E-state index in [1.54, 1.807) is 0 Å². The van der Waals surface area contributed by atoms with Crippen molar-refractivity contribution in [2.75, 3.05) is 18.6 Å². The molecule has 0 amide bonds. The quantitative estimate of drug-likeness (QED) is 0.791. The number of rotatable bonds is 5. The summed E-state index contributed by atoms with van der Waals surface area (Å²) in [5.74, 6) is -0.401. The molecule has 0 radical (unpaired) electrons. The summed E-state index contributed by atoms with van der Waals surface area (Å²) in [7, 11) is 1.34. The number of carbonyl (C=O) groups is 1. The molecule has 102 valence electrons. The molecule has 0 aliphatic carbocycles. The molecule has 2 rings (SSSR count). The molecule has 1 heterocycles. The Labute approximate surface area is 121 Å². The smallest absolute Gasteiger partial charge is 0.349 e. The minimum Gasteiger partial charge on any atom is -0.465 e. The number of hydrogen-bond acceptors (Lipinski definition) is 6. The molecule has 0 saturated heterocycles. The third-order valence-electron chi connectivity index (χ3n) is 2.63. The average molecular weight is 287 g/mol. The van der Waals surface area contributed by atoms with Gasteiger partial charge < -0.3 is 9.64 Å². The van der Waals surface area contributed by atoms with Crippen molar-refractivity contribution >= 4 is 28.1 Å². The van der Waals surface area contributed by atoms with Gasteiger partial charge in [-0.1, -0.05) is 29.5 Å². The van der Waals surface area contributed by atoms with Gasteiger partial charge in [-0.3, -0.25) is 0 Å². The molecule has 1 aromatic heterocycles. The van der Waals surface area contributed by atoms with Crippen LogP contribution in [0.15, 0.2) is 36.5 Å². The molecule has 6 heteroatoms. The predicted molar refractivity (Wildman–Crippen MR) is 77.1 cm³/mol. The summed E-state index contributed by atoms with van der Waals surface area (Å²) in [6.07, 6.45) is 1.87. The number of nitrogens with zero attached hydrogens (tertiary/aromatic N) is 3. The van der Waals surface area contributed by atoms with Crippen LogP contribution in [-0.4, -0.2) is 24.6 Å². The Morgan fingerprint density at radius 2 is 2.20 bits per heavy atom. The Hall–Kier alpha value is -2.39. The third-order valence-corrected chi connectivity index (χ3v) is 3.63. The van der Waals surface area contributed by atoms with E-state index in [2.05, 4.69) is 15.8 Å². The first kappa shape index (κ1) is 14.0. The average Bonchev–Trinajstić information content (AvgIpc) is 2.98. The fourth-order valence-corrected chi connectivity index (χ4v) is 2.57. The van der Waals surface area contributed by atoms with Gasteiger partial charge in [-0.15, -0.1) is 0 Å². The van der Waals surface area contributed by atoms with Crippen LogP contribution in [0.4, 0.5) is 10.8 Å². The van der Waals surface area contributed by atoms with Crippen LogP contribution in [0.1, 0.15) is 16.1 Å². The van der Waals surface area contributed by atoms with Gasteiger partial charge in [0.05, 0.1) is 25.8 Å². The highest BCUT2D eigenvalue weighted by Gasteiger charge is 2.16. The molecule has 5 nitrogen and oxygen atoms in total. The number of ether oxygens (including phenoxy) is 1. The van der Waals surface area contributed by atoms with Crippen LogP contribution < -0.4 is 4.90 Å². The maximum absolute atomic E-state index is 11.5. The van der Waals surface area contributed by atoms with Gasteiger partial charge in [0, 0.05) is 12.2 Å².